The number of carbonyl (C=O) groups excluding carboxylic acids is 1. The number of carbonyl (C=O) groups is 1. The molecule has 3 aliphatic heterocycles. The fraction of sp³-hybridized carbons (Fsp3) is 0.425. The molecule has 3 aromatic carbocycles. The second-order valence-electron chi connectivity index (χ2n) is 14.6. The van der Waals surface area contributed by atoms with E-state index in [4.69, 9.17) is 16.1 Å². The molecule has 1 unspecified atom stereocenters. The van der Waals surface area contributed by atoms with Gasteiger partial charge in [0.2, 0.25) is 5.91 Å². The van der Waals surface area contributed by atoms with Gasteiger partial charge in [0, 0.05) is 35.5 Å². The molecule has 9 nitrogen and oxygen atoms in total. The summed E-state index contributed by atoms with van der Waals surface area (Å²) in [5.41, 5.74) is -1.68. The van der Waals surface area contributed by atoms with Crippen LogP contribution in [0.5, 0.6) is 11.8 Å². The summed E-state index contributed by atoms with van der Waals surface area (Å²) >= 11 is 0. The van der Waals surface area contributed by atoms with E-state index in [9.17, 15) is 15.0 Å². The van der Waals surface area contributed by atoms with Crippen molar-refractivity contribution in [1.82, 2.24) is 20.2 Å². The Morgan fingerprint density at radius 2 is 1.92 bits per heavy atom. The van der Waals surface area contributed by atoms with Crippen LogP contribution in [0.25, 0.3) is 32.8 Å². The number of benzene rings is 3. The van der Waals surface area contributed by atoms with E-state index in [0.29, 0.717) is 36.3 Å². The lowest BCUT2D eigenvalue weighted by atomic mass is 9.84. The summed E-state index contributed by atoms with van der Waals surface area (Å²) in [7, 11) is 0. The van der Waals surface area contributed by atoms with E-state index in [1.807, 2.05) is 4.90 Å². The first-order valence-corrected chi connectivity index (χ1v) is 17.7. The van der Waals surface area contributed by atoms with E-state index in [1.54, 1.807) is 6.07 Å². The van der Waals surface area contributed by atoms with Crippen molar-refractivity contribution in [1.29, 1.82) is 0 Å². The number of anilines is 1. The van der Waals surface area contributed by atoms with Crippen LogP contribution in [0.1, 0.15) is 69.9 Å². The number of aliphatic hydroxyl groups is 1. The molecule has 0 spiro atoms. The highest BCUT2D eigenvalue weighted by Crippen LogP contribution is 2.45. The zero-order valence-corrected chi connectivity index (χ0v) is 29.1. The number of rotatable bonds is 8. The third kappa shape index (κ3) is 6.36. The highest BCUT2D eigenvalue weighted by molar-refractivity contribution is 6.05. The smallest absolute Gasteiger partial charge is 0.319 e. The lowest BCUT2D eigenvalue weighted by Gasteiger charge is -2.32. The standard InChI is InChI=1S/C40H43F2N5O4/c1-5-27-31(41)13-12-24-19-26(48)20-28(33(24)27)34-30(39(3,4)50)21-29-36(35(34)42)44-38(51-23-40-14-9-17-47(40)18-10-15-40)45-37(29)46-16-8-7-11-25(22-46)43-32(49)6-2/h1,6,12-13,19-21,25,48,50H,2,7-11,14-18,22-23H2,3-4H3,(H,43,49). The number of nitrogens with one attached hydrogen (secondary N) is 1. The maximum absolute atomic E-state index is 17.6. The minimum absolute atomic E-state index is 0.0125. The highest BCUT2D eigenvalue weighted by Gasteiger charge is 2.45. The first kappa shape index (κ1) is 34.6. The third-order valence-electron chi connectivity index (χ3n) is 10.8. The van der Waals surface area contributed by atoms with Gasteiger partial charge in [-0.25, -0.2) is 8.78 Å². The largest absolute Gasteiger partial charge is 0.508 e. The monoisotopic (exact) mass is 695 g/mol. The number of hydrogen-bond acceptors (Lipinski definition) is 8. The summed E-state index contributed by atoms with van der Waals surface area (Å²) in [6.07, 6.45) is 13.6. The second kappa shape index (κ2) is 13.4. The van der Waals surface area contributed by atoms with Crippen molar-refractivity contribution in [2.24, 2.45) is 0 Å². The number of amides is 1. The van der Waals surface area contributed by atoms with Crippen LogP contribution in [0.4, 0.5) is 14.6 Å². The van der Waals surface area contributed by atoms with Crippen LogP contribution in [0.3, 0.4) is 0 Å². The second-order valence-corrected chi connectivity index (χ2v) is 14.6. The number of ether oxygens (including phenoxy) is 1. The molecule has 0 bridgehead atoms. The van der Waals surface area contributed by atoms with Crippen molar-refractivity contribution in [2.45, 2.75) is 76.0 Å². The molecule has 3 fully saturated rings. The molecule has 0 aliphatic carbocycles. The lowest BCUT2D eigenvalue weighted by molar-refractivity contribution is -0.117. The Balaban J connectivity index is 1.47. The quantitative estimate of drug-likeness (QED) is 0.145. The molecule has 1 aromatic heterocycles. The summed E-state index contributed by atoms with van der Waals surface area (Å²) < 4.78 is 39.2. The van der Waals surface area contributed by atoms with Crippen molar-refractivity contribution in [3.8, 4) is 35.2 Å². The topological polar surface area (TPSA) is 111 Å². The fourth-order valence-electron chi connectivity index (χ4n) is 8.38. The van der Waals surface area contributed by atoms with Gasteiger partial charge in [-0.2, -0.15) is 9.97 Å². The summed E-state index contributed by atoms with van der Waals surface area (Å²) in [6.45, 7) is 10.00. The van der Waals surface area contributed by atoms with Crippen molar-refractivity contribution in [3.05, 3.63) is 65.7 Å². The van der Waals surface area contributed by atoms with E-state index in [1.165, 1.54) is 44.2 Å². The molecule has 0 radical (unpaired) electrons. The number of halogens is 2. The molecule has 7 rings (SSSR count). The molecule has 3 saturated heterocycles. The Kier molecular flexibility index (Phi) is 9.10. The lowest BCUT2D eigenvalue weighted by Crippen LogP contribution is -2.43. The van der Waals surface area contributed by atoms with E-state index < -0.39 is 17.2 Å². The Morgan fingerprint density at radius 1 is 1.16 bits per heavy atom. The van der Waals surface area contributed by atoms with Gasteiger partial charge in [-0.15, -0.1) is 6.42 Å². The number of terminal acetylenes is 1. The van der Waals surface area contributed by atoms with Crippen LogP contribution in [-0.2, 0) is 10.4 Å². The van der Waals surface area contributed by atoms with Gasteiger partial charge >= 0.3 is 6.01 Å². The van der Waals surface area contributed by atoms with Gasteiger partial charge in [0.1, 0.15) is 29.5 Å². The van der Waals surface area contributed by atoms with E-state index in [0.717, 1.165) is 58.0 Å². The number of aromatic nitrogens is 2. The van der Waals surface area contributed by atoms with Gasteiger partial charge < -0.3 is 25.2 Å². The SMILES string of the molecule is C#Cc1c(F)ccc2cc(O)cc(-c3c(C(C)(C)O)cc4c(N5CCCCC(NC(=O)C=C)C5)nc(OCC56CCCN5CCC6)nc4c3F)c12. The normalized spacial score (nSPS) is 19.1. The summed E-state index contributed by atoms with van der Waals surface area (Å²) in [5.74, 6) is 0.871. The van der Waals surface area contributed by atoms with Crippen LogP contribution >= 0.6 is 0 Å². The molecule has 4 aromatic rings. The average Bonchev–Trinajstić information content (AvgIpc) is 3.60. The predicted octanol–water partition coefficient (Wildman–Crippen LogP) is 6.31. The van der Waals surface area contributed by atoms with Gasteiger partial charge in [0.25, 0.3) is 0 Å². The van der Waals surface area contributed by atoms with Crippen molar-refractivity contribution in [2.75, 3.05) is 37.7 Å². The summed E-state index contributed by atoms with van der Waals surface area (Å²) in [4.78, 5) is 26.4. The molecule has 1 amide bonds. The minimum Gasteiger partial charge on any atom is -0.508 e. The van der Waals surface area contributed by atoms with Crippen LogP contribution in [-0.4, -0.2) is 75.4 Å². The Labute approximate surface area is 296 Å². The van der Waals surface area contributed by atoms with Crippen molar-refractivity contribution < 1.29 is 28.5 Å². The zero-order chi connectivity index (χ0) is 36.1. The fourth-order valence-corrected chi connectivity index (χ4v) is 8.38. The minimum atomic E-state index is -1.62. The molecule has 3 aliphatic rings. The molecular weight excluding hydrogens is 652 g/mol. The maximum Gasteiger partial charge on any atom is 0.319 e. The van der Waals surface area contributed by atoms with Gasteiger partial charge in [-0.3, -0.25) is 9.69 Å². The number of nitrogens with zero attached hydrogens (tertiary/aromatic N) is 4. The zero-order valence-electron chi connectivity index (χ0n) is 29.1. The number of hydrogen-bond donors (Lipinski definition) is 3. The van der Waals surface area contributed by atoms with E-state index in [-0.39, 0.29) is 62.4 Å². The highest BCUT2D eigenvalue weighted by atomic mass is 19.1. The molecule has 4 heterocycles. The maximum atomic E-state index is 17.6. The molecule has 1 atom stereocenters. The van der Waals surface area contributed by atoms with Crippen LogP contribution in [0.15, 0.2) is 43.0 Å². The van der Waals surface area contributed by atoms with Crippen LogP contribution in [0, 0.1) is 24.0 Å². The predicted molar refractivity (Wildman–Crippen MR) is 194 cm³/mol. The van der Waals surface area contributed by atoms with Crippen molar-refractivity contribution >= 4 is 33.4 Å². The first-order chi connectivity index (χ1) is 24.4. The molecule has 0 saturated carbocycles. The van der Waals surface area contributed by atoms with E-state index in [2.05, 4.69) is 27.7 Å². The molecule has 3 N–H and O–H groups in total. The number of aromatic hydroxyl groups is 1. The molecular formula is C40H43F2N5O4. The van der Waals surface area contributed by atoms with Crippen LogP contribution < -0.4 is 15.0 Å². The number of phenolic OH excluding ortho intramolecular Hbond substituents is 1. The molecule has 266 valence electrons. The Bertz CT molecular complexity index is 2080. The Morgan fingerprint density at radius 3 is 2.63 bits per heavy atom. The van der Waals surface area contributed by atoms with E-state index >= 15 is 8.78 Å². The molecule has 11 heteroatoms. The van der Waals surface area contributed by atoms with Crippen LogP contribution in [0.2, 0.25) is 0 Å². The average molecular weight is 696 g/mol. The third-order valence-corrected chi connectivity index (χ3v) is 10.8. The van der Waals surface area contributed by atoms with Gasteiger partial charge in [0.05, 0.1) is 16.7 Å². The first-order valence-electron chi connectivity index (χ1n) is 17.7. The van der Waals surface area contributed by atoms with Gasteiger partial charge in [-0.05, 0) is 119 Å². The molecule has 51 heavy (non-hydrogen) atoms. The Hall–Kier alpha value is -4.79. The number of fused-ring (bicyclic) bond motifs is 3. The van der Waals surface area contributed by atoms with Gasteiger partial charge in [0.15, 0.2) is 5.82 Å². The summed E-state index contributed by atoms with van der Waals surface area (Å²) in [6, 6.07) is 6.90. The van der Waals surface area contributed by atoms with Gasteiger partial charge in [-0.1, -0.05) is 18.6 Å². The number of phenols is 1. The van der Waals surface area contributed by atoms with Crippen molar-refractivity contribution in [3.63, 3.8) is 0 Å². The summed E-state index contributed by atoms with van der Waals surface area (Å²) in [5, 5.41) is 26.4.